The standard InChI is InChI=1S/C16H34/c1-8-14(5)10-15(6)12-16(7,9-2)11-13(3)4/h13-15H,8-12H2,1-7H3. The van der Waals surface area contributed by atoms with Crippen LogP contribution in [0, 0.1) is 23.2 Å². The van der Waals surface area contributed by atoms with Crippen LogP contribution in [0.4, 0.5) is 0 Å². The molecule has 0 aliphatic carbocycles. The van der Waals surface area contributed by atoms with Gasteiger partial charge in [-0.25, -0.2) is 0 Å². The Morgan fingerprint density at radius 2 is 1.44 bits per heavy atom. The number of rotatable bonds is 8. The topological polar surface area (TPSA) is 0 Å². The first-order valence-electron chi connectivity index (χ1n) is 7.33. The lowest BCUT2D eigenvalue weighted by molar-refractivity contribution is 0.179. The van der Waals surface area contributed by atoms with Crippen LogP contribution in [0.1, 0.15) is 80.6 Å². The van der Waals surface area contributed by atoms with Crippen molar-refractivity contribution in [2.75, 3.05) is 0 Å². The van der Waals surface area contributed by atoms with Crippen molar-refractivity contribution in [3.05, 3.63) is 0 Å². The Labute approximate surface area is 104 Å². The van der Waals surface area contributed by atoms with E-state index >= 15 is 0 Å². The molecule has 3 atom stereocenters. The maximum Gasteiger partial charge on any atom is -0.0323 e. The van der Waals surface area contributed by atoms with E-state index in [4.69, 9.17) is 0 Å². The minimum atomic E-state index is 0.570. The fraction of sp³-hybridized carbons (Fsp3) is 1.00. The van der Waals surface area contributed by atoms with Gasteiger partial charge in [0.1, 0.15) is 0 Å². The summed E-state index contributed by atoms with van der Waals surface area (Å²) in [4.78, 5) is 0. The van der Waals surface area contributed by atoms with Gasteiger partial charge in [-0.2, -0.15) is 0 Å². The zero-order valence-electron chi connectivity index (χ0n) is 12.8. The maximum atomic E-state index is 2.49. The third kappa shape index (κ3) is 6.55. The lowest BCUT2D eigenvalue weighted by Gasteiger charge is -2.33. The fourth-order valence-electron chi connectivity index (χ4n) is 3.14. The molecule has 0 aromatic heterocycles. The monoisotopic (exact) mass is 226 g/mol. The average molecular weight is 226 g/mol. The summed E-state index contributed by atoms with van der Waals surface area (Å²) in [5, 5.41) is 0. The van der Waals surface area contributed by atoms with Gasteiger partial charge < -0.3 is 0 Å². The van der Waals surface area contributed by atoms with E-state index in [9.17, 15) is 0 Å². The van der Waals surface area contributed by atoms with Crippen LogP contribution in [0.25, 0.3) is 0 Å². The van der Waals surface area contributed by atoms with Gasteiger partial charge in [-0.05, 0) is 42.4 Å². The van der Waals surface area contributed by atoms with Crippen LogP contribution < -0.4 is 0 Å². The third-order valence-corrected chi connectivity index (χ3v) is 4.10. The first-order valence-corrected chi connectivity index (χ1v) is 7.33. The minimum Gasteiger partial charge on any atom is -0.0651 e. The second-order valence-corrected chi connectivity index (χ2v) is 6.82. The molecule has 0 saturated heterocycles. The van der Waals surface area contributed by atoms with Crippen molar-refractivity contribution in [3.8, 4) is 0 Å². The number of hydrogen-bond acceptors (Lipinski definition) is 0. The van der Waals surface area contributed by atoms with E-state index in [0.717, 1.165) is 17.8 Å². The Hall–Kier alpha value is 0. The van der Waals surface area contributed by atoms with Gasteiger partial charge in [0.2, 0.25) is 0 Å². The molecular formula is C16H34. The molecule has 3 unspecified atom stereocenters. The van der Waals surface area contributed by atoms with Crippen molar-refractivity contribution < 1.29 is 0 Å². The van der Waals surface area contributed by atoms with Crippen molar-refractivity contribution in [1.82, 2.24) is 0 Å². The largest absolute Gasteiger partial charge is 0.0651 e. The molecule has 0 aromatic rings. The second kappa shape index (κ2) is 7.35. The van der Waals surface area contributed by atoms with Crippen LogP contribution in [0.2, 0.25) is 0 Å². The summed E-state index contributed by atoms with van der Waals surface area (Å²) < 4.78 is 0. The van der Waals surface area contributed by atoms with Crippen molar-refractivity contribution >= 4 is 0 Å². The molecule has 98 valence electrons. The van der Waals surface area contributed by atoms with Gasteiger partial charge in [-0.15, -0.1) is 0 Å². The first kappa shape index (κ1) is 16.0. The highest BCUT2D eigenvalue weighted by molar-refractivity contribution is 4.77. The van der Waals surface area contributed by atoms with Gasteiger partial charge in [0, 0.05) is 0 Å². The van der Waals surface area contributed by atoms with Crippen LogP contribution in [-0.4, -0.2) is 0 Å². The van der Waals surface area contributed by atoms with E-state index in [2.05, 4.69) is 48.5 Å². The SMILES string of the molecule is CCC(C)CC(C)CC(C)(CC)CC(C)C. The summed E-state index contributed by atoms with van der Waals surface area (Å²) >= 11 is 0. The molecule has 0 aliphatic heterocycles. The Balaban J connectivity index is 4.19. The van der Waals surface area contributed by atoms with E-state index in [1.54, 1.807) is 0 Å². The van der Waals surface area contributed by atoms with Crippen LogP contribution in [0.15, 0.2) is 0 Å². The van der Waals surface area contributed by atoms with Crippen molar-refractivity contribution in [3.63, 3.8) is 0 Å². The molecular weight excluding hydrogens is 192 g/mol. The van der Waals surface area contributed by atoms with Crippen molar-refractivity contribution in [2.24, 2.45) is 23.2 Å². The van der Waals surface area contributed by atoms with Crippen molar-refractivity contribution in [1.29, 1.82) is 0 Å². The smallest absolute Gasteiger partial charge is 0.0323 e. The summed E-state index contributed by atoms with van der Waals surface area (Å²) in [5.74, 6) is 2.62. The molecule has 0 heterocycles. The molecule has 0 aromatic carbocycles. The summed E-state index contributed by atoms with van der Waals surface area (Å²) in [6.45, 7) is 16.7. The zero-order chi connectivity index (χ0) is 12.8. The molecule has 0 aliphatic rings. The van der Waals surface area contributed by atoms with Crippen LogP contribution in [-0.2, 0) is 0 Å². The average Bonchev–Trinajstić information content (AvgIpc) is 2.15. The van der Waals surface area contributed by atoms with Crippen molar-refractivity contribution in [2.45, 2.75) is 80.6 Å². The zero-order valence-corrected chi connectivity index (χ0v) is 12.8. The van der Waals surface area contributed by atoms with E-state index in [1.165, 1.54) is 32.1 Å². The maximum absolute atomic E-state index is 2.49. The quantitative estimate of drug-likeness (QED) is 0.482. The van der Waals surface area contributed by atoms with Crippen LogP contribution in [0.5, 0.6) is 0 Å². The fourth-order valence-corrected chi connectivity index (χ4v) is 3.14. The molecule has 16 heavy (non-hydrogen) atoms. The second-order valence-electron chi connectivity index (χ2n) is 6.82. The lowest BCUT2D eigenvalue weighted by Crippen LogP contribution is -2.22. The molecule has 0 radical (unpaired) electrons. The molecule has 0 saturated carbocycles. The summed E-state index contributed by atoms with van der Waals surface area (Å²) in [6, 6.07) is 0. The van der Waals surface area contributed by atoms with Gasteiger partial charge in [0.05, 0.1) is 0 Å². The Kier molecular flexibility index (Phi) is 7.35. The van der Waals surface area contributed by atoms with Gasteiger partial charge in [0.15, 0.2) is 0 Å². The Bertz CT molecular complexity index is 171. The van der Waals surface area contributed by atoms with Crippen LogP contribution in [0.3, 0.4) is 0 Å². The highest BCUT2D eigenvalue weighted by atomic mass is 14.3. The molecule has 0 heteroatoms. The number of hydrogen-bond donors (Lipinski definition) is 0. The van der Waals surface area contributed by atoms with E-state index in [0.29, 0.717) is 5.41 Å². The molecule has 0 bridgehead atoms. The minimum absolute atomic E-state index is 0.570. The predicted molar refractivity (Wildman–Crippen MR) is 75.7 cm³/mol. The Morgan fingerprint density at radius 3 is 1.81 bits per heavy atom. The highest BCUT2D eigenvalue weighted by Crippen LogP contribution is 2.38. The Morgan fingerprint density at radius 1 is 0.875 bits per heavy atom. The molecule has 0 amide bonds. The summed E-state index contributed by atoms with van der Waals surface area (Å²) in [5.41, 5.74) is 0.570. The molecule has 0 N–H and O–H groups in total. The normalized spacial score (nSPS) is 19.5. The summed E-state index contributed by atoms with van der Waals surface area (Å²) in [6.07, 6.45) is 6.86. The molecule has 0 rings (SSSR count). The third-order valence-electron chi connectivity index (χ3n) is 4.10. The van der Waals surface area contributed by atoms with E-state index in [-0.39, 0.29) is 0 Å². The molecule has 0 spiro atoms. The van der Waals surface area contributed by atoms with E-state index in [1.807, 2.05) is 0 Å². The molecule has 0 nitrogen and oxygen atoms in total. The van der Waals surface area contributed by atoms with E-state index < -0.39 is 0 Å². The molecule has 0 fully saturated rings. The van der Waals surface area contributed by atoms with Crippen LogP contribution >= 0.6 is 0 Å². The van der Waals surface area contributed by atoms with Gasteiger partial charge >= 0.3 is 0 Å². The highest BCUT2D eigenvalue weighted by Gasteiger charge is 2.26. The summed E-state index contributed by atoms with van der Waals surface area (Å²) in [7, 11) is 0. The first-order chi connectivity index (χ1) is 7.33. The van der Waals surface area contributed by atoms with Gasteiger partial charge in [0.25, 0.3) is 0 Å². The predicted octanol–water partition coefficient (Wildman–Crippen LogP) is 5.91. The lowest BCUT2D eigenvalue weighted by atomic mass is 9.72. The van der Waals surface area contributed by atoms with Gasteiger partial charge in [-0.3, -0.25) is 0 Å². The van der Waals surface area contributed by atoms with Gasteiger partial charge in [-0.1, -0.05) is 61.3 Å².